The van der Waals surface area contributed by atoms with Crippen molar-refractivity contribution in [1.29, 1.82) is 0 Å². The average molecular weight is 318 g/mol. The SMILES string of the molecule is NCc1ccc(CNC(=O)c2cc3c(s2)CCSC3)cc1. The van der Waals surface area contributed by atoms with Crippen molar-refractivity contribution in [3.8, 4) is 0 Å². The fourth-order valence-electron chi connectivity index (χ4n) is 2.32. The van der Waals surface area contributed by atoms with Crippen LogP contribution in [-0.4, -0.2) is 11.7 Å². The molecule has 0 aliphatic carbocycles. The van der Waals surface area contributed by atoms with E-state index in [1.165, 1.54) is 16.2 Å². The van der Waals surface area contributed by atoms with Gasteiger partial charge < -0.3 is 11.1 Å². The molecule has 0 saturated heterocycles. The first kappa shape index (κ1) is 14.6. The van der Waals surface area contributed by atoms with Gasteiger partial charge in [-0.15, -0.1) is 11.3 Å². The van der Waals surface area contributed by atoms with Crippen LogP contribution in [0.1, 0.15) is 31.2 Å². The number of carbonyl (C=O) groups is 1. The summed E-state index contributed by atoms with van der Waals surface area (Å²) in [6.07, 6.45) is 1.10. The molecule has 2 aromatic rings. The van der Waals surface area contributed by atoms with E-state index in [9.17, 15) is 4.79 Å². The third-order valence-electron chi connectivity index (χ3n) is 3.56. The van der Waals surface area contributed by atoms with E-state index in [0.29, 0.717) is 13.1 Å². The number of carbonyl (C=O) groups excluding carboxylic acids is 1. The maximum atomic E-state index is 12.2. The highest BCUT2D eigenvalue weighted by molar-refractivity contribution is 7.98. The van der Waals surface area contributed by atoms with Gasteiger partial charge in [0, 0.05) is 23.7 Å². The van der Waals surface area contributed by atoms with E-state index in [-0.39, 0.29) is 5.91 Å². The van der Waals surface area contributed by atoms with E-state index >= 15 is 0 Å². The highest BCUT2D eigenvalue weighted by Crippen LogP contribution is 2.31. The van der Waals surface area contributed by atoms with Crippen LogP contribution in [0, 0.1) is 0 Å². The van der Waals surface area contributed by atoms with Gasteiger partial charge in [-0.05, 0) is 34.9 Å². The lowest BCUT2D eigenvalue weighted by molar-refractivity contribution is 0.0955. The molecule has 1 aromatic carbocycles. The van der Waals surface area contributed by atoms with Crippen LogP contribution < -0.4 is 11.1 Å². The molecule has 0 atom stereocenters. The summed E-state index contributed by atoms with van der Waals surface area (Å²) in [6, 6.07) is 10.1. The second kappa shape index (κ2) is 6.64. The molecule has 0 spiro atoms. The van der Waals surface area contributed by atoms with E-state index in [2.05, 4.69) is 11.4 Å². The minimum atomic E-state index is 0.0299. The number of thiophene rings is 1. The monoisotopic (exact) mass is 318 g/mol. The maximum Gasteiger partial charge on any atom is 0.261 e. The molecule has 1 aliphatic heterocycles. The number of hydrogen-bond donors (Lipinski definition) is 2. The van der Waals surface area contributed by atoms with E-state index in [1.54, 1.807) is 11.3 Å². The quantitative estimate of drug-likeness (QED) is 0.911. The molecule has 0 saturated carbocycles. The molecule has 0 unspecified atom stereocenters. The largest absolute Gasteiger partial charge is 0.347 e. The number of nitrogens with one attached hydrogen (secondary N) is 1. The molecule has 21 heavy (non-hydrogen) atoms. The number of nitrogens with two attached hydrogens (primary N) is 1. The summed E-state index contributed by atoms with van der Waals surface area (Å²) in [5.74, 6) is 2.24. The third-order valence-corrected chi connectivity index (χ3v) is 5.81. The van der Waals surface area contributed by atoms with Crippen molar-refractivity contribution in [3.63, 3.8) is 0 Å². The van der Waals surface area contributed by atoms with Crippen molar-refractivity contribution in [2.45, 2.75) is 25.3 Å². The van der Waals surface area contributed by atoms with Gasteiger partial charge in [0.25, 0.3) is 5.91 Å². The van der Waals surface area contributed by atoms with Gasteiger partial charge in [0.2, 0.25) is 0 Å². The molecule has 5 heteroatoms. The molecule has 3 N–H and O–H groups in total. The number of benzene rings is 1. The Kier molecular flexibility index (Phi) is 4.63. The second-order valence-electron chi connectivity index (χ2n) is 5.06. The van der Waals surface area contributed by atoms with Crippen LogP contribution in [0.3, 0.4) is 0 Å². The summed E-state index contributed by atoms with van der Waals surface area (Å²) >= 11 is 3.58. The van der Waals surface area contributed by atoms with Crippen molar-refractivity contribution in [2.24, 2.45) is 5.73 Å². The molecule has 3 nitrogen and oxygen atoms in total. The molecule has 1 amide bonds. The zero-order valence-electron chi connectivity index (χ0n) is 11.7. The average Bonchev–Trinajstić information content (AvgIpc) is 2.97. The van der Waals surface area contributed by atoms with Gasteiger partial charge >= 0.3 is 0 Å². The summed E-state index contributed by atoms with van der Waals surface area (Å²) in [5.41, 5.74) is 9.12. The Bertz CT molecular complexity index is 611. The van der Waals surface area contributed by atoms with Crippen LogP contribution in [0.4, 0.5) is 0 Å². The minimum absolute atomic E-state index is 0.0299. The Morgan fingerprint density at radius 2 is 2.00 bits per heavy atom. The van der Waals surface area contributed by atoms with Crippen LogP contribution in [-0.2, 0) is 25.3 Å². The first-order valence-corrected chi connectivity index (χ1v) is 8.99. The molecule has 0 bridgehead atoms. The smallest absolute Gasteiger partial charge is 0.261 e. The summed E-state index contributed by atoms with van der Waals surface area (Å²) in [7, 11) is 0. The molecule has 1 aromatic heterocycles. The van der Waals surface area contributed by atoms with Gasteiger partial charge in [0.1, 0.15) is 0 Å². The summed E-state index contributed by atoms with van der Waals surface area (Å²) in [6.45, 7) is 1.10. The molecular weight excluding hydrogens is 300 g/mol. The first-order valence-electron chi connectivity index (χ1n) is 7.01. The predicted molar refractivity (Wildman–Crippen MR) is 89.7 cm³/mol. The van der Waals surface area contributed by atoms with Crippen molar-refractivity contribution in [2.75, 3.05) is 5.75 Å². The number of rotatable bonds is 4. The zero-order valence-corrected chi connectivity index (χ0v) is 13.4. The topological polar surface area (TPSA) is 55.1 Å². The van der Waals surface area contributed by atoms with Crippen LogP contribution in [0.25, 0.3) is 0 Å². The van der Waals surface area contributed by atoms with Gasteiger partial charge in [-0.3, -0.25) is 4.79 Å². The van der Waals surface area contributed by atoms with E-state index in [1.807, 2.05) is 36.0 Å². The second-order valence-corrected chi connectivity index (χ2v) is 7.31. The molecule has 110 valence electrons. The fourth-order valence-corrected chi connectivity index (χ4v) is 4.61. The number of aryl methyl sites for hydroxylation is 1. The Balaban J connectivity index is 1.61. The van der Waals surface area contributed by atoms with Gasteiger partial charge in [0.15, 0.2) is 0 Å². The summed E-state index contributed by atoms with van der Waals surface area (Å²) in [5, 5.41) is 3.00. The van der Waals surface area contributed by atoms with Gasteiger partial charge in [0.05, 0.1) is 4.88 Å². The van der Waals surface area contributed by atoms with Gasteiger partial charge in [-0.2, -0.15) is 11.8 Å². The lowest BCUT2D eigenvalue weighted by atomic mass is 10.1. The highest BCUT2D eigenvalue weighted by atomic mass is 32.2. The molecular formula is C16H18N2OS2. The summed E-state index contributed by atoms with van der Waals surface area (Å²) in [4.78, 5) is 14.4. The van der Waals surface area contributed by atoms with E-state index in [0.717, 1.165) is 28.2 Å². The summed E-state index contributed by atoms with van der Waals surface area (Å²) < 4.78 is 0. The third kappa shape index (κ3) is 3.48. The van der Waals surface area contributed by atoms with Crippen molar-refractivity contribution < 1.29 is 4.79 Å². The maximum absolute atomic E-state index is 12.2. The predicted octanol–water partition coefficient (Wildman–Crippen LogP) is 2.93. The molecule has 0 fully saturated rings. The van der Waals surface area contributed by atoms with Crippen molar-refractivity contribution >= 4 is 29.0 Å². The lowest BCUT2D eigenvalue weighted by Crippen LogP contribution is -2.21. The van der Waals surface area contributed by atoms with Crippen molar-refractivity contribution in [3.05, 3.63) is 56.8 Å². The molecule has 3 rings (SSSR count). The highest BCUT2D eigenvalue weighted by Gasteiger charge is 2.17. The Hall–Kier alpha value is -1.30. The zero-order chi connectivity index (χ0) is 14.7. The van der Waals surface area contributed by atoms with Gasteiger partial charge in [-0.1, -0.05) is 24.3 Å². The van der Waals surface area contributed by atoms with E-state index in [4.69, 9.17) is 5.73 Å². The number of hydrogen-bond acceptors (Lipinski definition) is 4. The number of thioether (sulfide) groups is 1. The molecule has 2 heterocycles. The molecule has 1 aliphatic rings. The molecule has 0 radical (unpaired) electrons. The van der Waals surface area contributed by atoms with Crippen LogP contribution in [0.2, 0.25) is 0 Å². The van der Waals surface area contributed by atoms with Crippen LogP contribution in [0.5, 0.6) is 0 Å². The Morgan fingerprint density at radius 1 is 1.24 bits per heavy atom. The number of fused-ring (bicyclic) bond motifs is 1. The standard InChI is InChI=1S/C16H18N2OS2/c17-8-11-1-3-12(4-2-11)9-18-16(19)15-7-13-10-20-6-5-14(13)21-15/h1-4,7H,5-6,8-10,17H2,(H,18,19). The lowest BCUT2D eigenvalue weighted by Gasteiger charge is -2.08. The van der Waals surface area contributed by atoms with Gasteiger partial charge in [-0.25, -0.2) is 0 Å². The normalized spacial score (nSPS) is 13.8. The minimum Gasteiger partial charge on any atom is -0.347 e. The van der Waals surface area contributed by atoms with Crippen LogP contribution in [0.15, 0.2) is 30.3 Å². The number of amides is 1. The van der Waals surface area contributed by atoms with E-state index < -0.39 is 0 Å². The fraction of sp³-hybridized carbons (Fsp3) is 0.312. The van der Waals surface area contributed by atoms with Crippen LogP contribution >= 0.6 is 23.1 Å². The Labute approximate surface area is 132 Å². The first-order chi connectivity index (χ1) is 10.3. The Morgan fingerprint density at radius 3 is 2.71 bits per heavy atom. The van der Waals surface area contributed by atoms with Crippen molar-refractivity contribution in [1.82, 2.24) is 5.32 Å².